The predicted molar refractivity (Wildman–Crippen MR) is 100 cm³/mol. The fraction of sp³-hybridized carbons (Fsp3) is 0.158. The summed E-state index contributed by atoms with van der Waals surface area (Å²) in [4.78, 5) is 28.0. The molecule has 1 amide bonds. The molecule has 3 aromatic rings. The van der Waals surface area contributed by atoms with E-state index in [9.17, 15) is 9.59 Å². The van der Waals surface area contributed by atoms with Gasteiger partial charge in [0, 0.05) is 40.1 Å². The minimum Gasteiger partial charge on any atom is -0.292 e. The summed E-state index contributed by atoms with van der Waals surface area (Å²) >= 11 is 1.63. The Kier molecular flexibility index (Phi) is 5.30. The van der Waals surface area contributed by atoms with E-state index in [1.165, 1.54) is 4.70 Å². The Hall–Kier alpha value is -2.86. The maximum absolute atomic E-state index is 12.1. The number of nitrogens with one attached hydrogen (secondary N) is 1. The summed E-state index contributed by atoms with van der Waals surface area (Å²) in [5, 5.41) is 7.08. The maximum Gasteiger partial charge on any atom is 0.240 e. The number of fused-ring (bicyclic) bond motifs is 1. The van der Waals surface area contributed by atoms with Gasteiger partial charge in [-0.25, -0.2) is 5.43 Å². The molecule has 0 fully saturated rings. The number of hydrogen-bond donors (Lipinski definition) is 1. The molecule has 0 unspecified atom stereocenters. The van der Waals surface area contributed by atoms with E-state index in [-0.39, 0.29) is 24.5 Å². The Morgan fingerprint density at radius 1 is 1.20 bits per heavy atom. The quantitative estimate of drug-likeness (QED) is 0.418. The molecule has 0 atom stereocenters. The normalized spacial score (nSPS) is 11.1. The first-order valence-electron chi connectivity index (χ1n) is 7.88. The van der Waals surface area contributed by atoms with Gasteiger partial charge in [-0.3, -0.25) is 14.6 Å². The van der Waals surface area contributed by atoms with Crippen LogP contribution in [0.3, 0.4) is 0 Å². The van der Waals surface area contributed by atoms with Crippen molar-refractivity contribution in [2.75, 3.05) is 0 Å². The van der Waals surface area contributed by atoms with Crippen LogP contribution in [0.4, 0.5) is 0 Å². The zero-order chi connectivity index (χ0) is 17.6. The first-order chi connectivity index (χ1) is 12.1. The molecular weight excluding hydrogens is 334 g/mol. The van der Waals surface area contributed by atoms with Crippen LogP contribution in [0, 0.1) is 6.92 Å². The Bertz CT molecular complexity index is 947. The number of hydrazone groups is 1. The van der Waals surface area contributed by atoms with Crippen LogP contribution in [0.15, 0.2) is 53.1 Å². The highest BCUT2D eigenvalue weighted by atomic mass is 32.1. The van der Waals surface area contributed by atoms with Crippen molar-refractivity contribution < 1.29 is 9.59 Å². The second-order valence-corrected chi connectivity index (χ2v) is 6.48. The van der Waals surface area contributed by atoms with Crippen LogP contribution in [0.5, 0.6) is 0 Å². The molecule has 3 rings (SSSR count). The second-order valence-electron chi connectivity index (χ2n) is 5.57. The number of aryl methyl sites for hydroxylation is 1. The van der Waals surface area contributed by atoms with Crippen LogP contribution in [0.2, 0.25) is 0 Å². The average molecular weight is 351 g/mol. The standard InChI is InChI=1S/C19H17N3O2S/c1-13-5-4-10-20-19(13)16(23)8-9-18(24)22-21-11-14-12-25-17-7-3-2-6-15(14)17/h2-7,10-12H,8-9H2,1H3,(H,22,24)/b21-11+. The smallest absolute Gasteiger partial charge is 0.240 e. The Morgan fingerprint density at radius 3 is 2.88 bits per heavy atom. The second kappa shape index (κ2) is 7.81. The first kappa shape index (κ1) is 17.0. The topological polar surface area (TPSA) is 71.4 Å². The van der Waals surface area contributed by atoms with Crippen molar-refractivity contribution in [3.63, 3.8) is 0 Å². The zero-order valence-corrected chi connectivity index (χ0v) is 14.5. The minimum absolute atomic E-state index is 0.0799. The molecule has 2 aromatic heterocycles. The van der Waals surface area contributed by atoms with Crippen molar-refractivity contribution in [2.24, 2.45) is 5.10 Å². The highest BCUT2D eigenvalue weighted by Gasteiger charge is 2.12. The van der Waals surface area contributed by atoms with E-state index in [2.05, 4.69) is 15.5 Å². The van der Waals surface area contributed by atoms with Crippen molar-refractivity contribution >= 4 is 39.3 Å². The fourth-order valence-electron chi connectivity index (χ4n) is 2.45. The average Bonchev–Trinajstić information content (AvgIpc) is 3.03. The molecule has 2 heterocycles. The van der Waals surface area contributed by atoms with E-state index < -0.39 is 0 Å². The van der Waals surface area contributed by atoms with Crippen molar-refractivity contribution in [3.8, 4) is 0 Å². The van der Waals surface area contributed by atoms with Gasteiger partial charge in [-0.15, -0.1) is 11.3 Å². The summed E-state index contributed by atoms with van der Waals surface area (Å²) in [7, 11) is 0. The summed E-state index contributed by atoms with van der Waals surface area (Å²) in [6, 6.07) is 11.6. The summed E-state index contributed by atoms with van der Waals surface area (Å²) in [6.45, 7) is 1.83. The van der Waals surface area contributed by atoms with Crippen LogP contribution in [0.25, 0.3) is 10.1 Å². The fourth-order valence-corrected chi connectivity index (χ4v) is 3.36. The summed E-state index contributed by atoms with van der Waals surface area (Å²) in [5.41, 5.74) is 4.66. The third kappa shape index (κ3) is 4.16. The van der Waals surface area contributed by atoms with Crippen LogP contribution < -0.4 is 5.43 Å². The van der Waals surface area contributed by atoms with Gasteiger partial charge in [-0.05, 0) is 24.6 Å². The number of carbonyl (C=O) groups is 2. The molecule has 0 radical (unpaired) electrons. The zero-order valence-electron chi connectivity index (χ0n) is 13.7. The van der Waals surface area contributed by atoms with Gasteiger partial charge in [0.05, 0.1) is 6.21 Å². The molecule has 0 aliphatic carbocycles. The number of hydrogen-bond acceptors (Lipinski definition) is 5. The van der Waals surface area contributed by atoms with Gasteiger partial charge >= 0.3 is 0 Å². The molecule has 25 heavy (non-hydrogen) atoms. The van der Waals surface area contributed by atoms with Crippen LogP contribution in [-0.4, -0.2) is 22.9 Å². The molecule has 0 aliphatic rings. The van der Waals surface area contributed by atoms with Gasteiger partial charge in [0.25, 0.3) is 0 Å². The van der Waals surface area contributed by atoms with E-state index in [0.717, 1.165) is 16.5 Å². The van der Waals surface area contributed by atoms with E-state index in [1.54, 1.807) is 29.8 Å². The van der Waals surface area contributed by atoms with Crippen molar-refractivity contribution in [2.45, 2.75) is 19.8 Å². The van der Waals surface area contributed by atoms with E-state index in [1.807, 2.05) is 42.6 Å². The highest BCUT2D eigenvalue weighted by molar-refractivity contribution is 7.17. The number of ketones is 1. The number of nitrogens with zero attached hydrogens (tertiary/aromatic N) is 2. The Balaban J connectivity index is 1.53. The lowest BCUT2D eigenvalue weighted by atomic mass is 10.1. The maximum atomic E-state index is 12.1. The molecule has 0 saturated carbocycles. The lowest BCUT2D eigenvalue weighted by Crippen LogP contribution is -2.19. The molecular formula is C19H17N3O2S. The highest BCUT2D eigenvalue weighted by Crippen LogP contribution is 2.24. The predicted octanol–water partition coefficient (Wildman–Crippen LogP) is 3.72. The first-order valence-corrected chi connectivity index (χ1v) is 8.76. The van der Waals surface area contributed by atoms with Crippen molar-refractivity contribution in [3.05, 3.63) is 64.8 Å². The molecule has 1 N–H and O–H groups in total. The lowest BCUT2D eigenvalue weighted by Gasteiger charge is -2.03. The summed E-state index contributed by atoms with van der Waals surface area (Å²) < 4.78 is 1.17. The number of aromatic nitrogens is 1. The summed E-state index contributed by atoms with van der Waals surface area (Å²) in [6.07, 6.45) is 3.40. The molecule has 0 aliphatic heterocycles. The lowest BCUT2D eigenvalue weighted by molar-refractivity contribution is -0.121. The number of Topliss-reactive ketones (excluding diaryl/α,β-unsaturated/α-hetero) is 1. The van der Waals surface area contributed by atoms with Gasteiger partial charge < -0.3 is 0 Å². The number of rotatable bonds is 6. The van der Waals surface area contributed by atoms with Crippen LogP contribution in [0.1, 0.15) is 34.5 Å². The number of thiophene rings is 1. The third-order valence-corrected chi connectivity index (χ3v) is 4.74. The van der Waals surface area contributed by atoms with Crippen molar-refractivity contribution in [1.82, 2.24) is 10.4 Å². The molecule has 5 nitrogen and oxygen atoms in total. The van der Waals surface area contributed by atoms with Gasteiger partial charge in [-0.2, -0.15) is 5.10 Å². The Labute approximate surface area is 149 Å². The summed E-state index contributed by atoms with van der Waals surface area (Å²) in [5.74, 6) is -0.432. The monoisotopic (exact) mass is 351 g/mol. The Morgan fingerprint density at radius 2 is 2.04 bits per heavy atom. The molecule has 6 heteroatoms. The SMILES string of the molecule is Cc1cccnc1C(=O)CCC(=O)N/N=C/c1csc2ccccc12. The molecule has 0 bridgehead atoms. The van der Waals surface area contributed by atoms with Gasteiger partial charge in [0.15, 0.2) is 5.78 Å². The van der Waals surface area contributed by atoms with Gasteiger partial charge in [0.1, 0.15) is 5.69 Å². The molecule has 126 valence electrons. The number of carbonyl (C=O) groups excluding carboxylic acids is 2. The minimum atomic E-state index is -0.294. The van der Waals surface area contributed by atoms with E-state index >= 15 is 0 Å². The van der Waals surface area contributed by atoms with Gasteiger partial charge in [-0.1, -0.05) is 24.3 Å². The number of benzene rings is 1. The van der Waals surface area contributed by atoms with Gasteiger partial charge in [0.2, 0.25) is 5.91 Å². The third-order valence-electron chi connectivity index (χ3n) is 3.76. The van der Waals surface area contributed by atoms with Crippen molar-refractivity contribution in [1.29, 1.82) is 0 Å². The molecule has 0 saturated heterocycles. The van der Waals surface area contributed by atoms with E-state index in [0.29, 0.717) is 5.69 Å². The molecule has 0 spiro atoms. The largest absolute Gasteiger partial charge is 0.292 e. The molecule has 1 aromatic carbocycles. The van der Waals surface area contributed by atoms with Crippen LogP contribution >= 0.6 is 11.3 Å². The van der Waals surface area contributed by atoms with Crippen LogP contribution in [-0.2, 0) is 4.79 Å². The van der Waals surface area contributed by atoms with E-state index in [4.69, 9.17) is 0 Å². The number of amides is 1. The number of pyridine rings is 1.